The van der Waals surface area contributed by atoms with Crippen LogP contribution in [-0.4, -0.2) is 25.0 Å². The van der Waals surface area contributed by atoms with E-state index < -0.39 is 0 Å². The molecule has 0 N–H and O–H groups in total. The van der Waals surface area contributed by atoms with Gasteiger partial charge in [-0.05, 0) is 0 Å². The van der Waals surface area contributed by atoms with Crippen LogP contribution < -0.4 is 0 Å². The number of aliphatic imine (C=N–C) groups is 1. The molecule has 0 spiro atoms. The summed E-state index contributed by atoms with van der Waals surface area (Å²) in [5.74, 6) is 0.514. The fourth-order valence-electron chi connectivity index (χ4n) is 0.516. The van der Waals surface area contributed by atoms with Gasteiger partial charge in [0, 0.05) is 19.4 Å². The van der Waals surface area contributed by atoms with E-state index in [4.69, 9.17) is 4.74 Å². The summed E-state index contributed by atoms with van der Waals surface area (Å²) in [5, 5.41) is 0. The first kappa shape index (κ1) is 6.13. The van der Waals surface area contributed by atoms with E-state index in [0.717, 1.165) is 0 Å². The fraction of sp³-hybridized carbons (Fsp3) is 0.333. The Kier molecular flexibility index (Phi) is 1.72. The number of nitrogens with zero attached hydrogens (tertiary/aromatic N) is 2. The van der Waals surface area contributed by atoms with Gasteiger partial charge in [0.05, 0.1) is 7.11 Å². The molecule has 0 amide bonds. The average molecular weight is 124 g/mol. The van der Waals surface area contributed by atoms with Crippen LogP contribution in [0.3, 0.4) is 0 Å². The summed E-state index contributed by atoms with van der Waals surface area (Å²) in [4.78, 5) is 5.62. The van der Waals surface area contributed by atoms with Gasteiger partial charge in [-0.2, -0.15) is 0 Å². The summed E-state index contributed by atoms with van der Waals surface area (Å²) in [6.45, 7) is 2.84. The molecule has 0 atom stereocenters. The van der Waals surface area contributed by atoms with E-state index >= 15 is 0 Å². The number of hydrogen-bond donors (Lipinski definition) is 0. The van der Waals surface area contributed by atoms with Crippen molar-refractivity contribution in [3.63, 3.8) is 0 Å². The molecule has 0 aromatic heterocycles. The van der Waals surface area contributed by atoms with E-state index in [9.17, 15) is 0 Å². The molecular formula is C6H8N2O. The van der Waals surface area contributed by atoms with Crippen molar-refractivity contribution in [3.8, 4) is 0 Å². The van der Waals surface area contributed by atoms with Gasteiger partial charge in [-0.3, -0.25) is 0 Å². The molecule has 3 nitrogen and oxygen atoms in total. The van der Waals surface area contributed by atoms with Crippen LogP contribution in [0.1, 0.15) is 0 Å². The zero-order valence-corrected chi connectivity index (χ0v) is 5.46. The molecule has 3 heteroatoms. The third-order valence-corrected chi connectivity index (χ3v) is 0.947. The van der Waals surface area contributed by atoms with Crippen molar-refractivity contribution < 1.29 is 4.74 Å². The minimum absolute atomic E-state index is 0.514. The van der Waals surface area contributed by atoms with Crippen molar-refractivity contribution in [1.82, 2.24) is 4.90 Å². The molecule has 48 valence electrons. The molecule has 0 unspecified atom stereocenters. The van der Waals surface area contributed by atoms with Crippen LogP contribution in [0.5, 0.6) is 0 Å². The number of ether oxygens (including phenoxy) is 1. The largest absolute Gasteiger partial charge is 0.482 e. The molecular weight excluding hydrogens is 116 g/mol. The molecule has 0 fully saturated rings. The predicted molar refractivity (Wildman–Crippen MR) is 34.6 cm³/mol. The molecule has 0 aromatic rings. The highest BCUT2D eigenvalue weighted by Gasteiger charge is 2.05. The number of methoxy groups -OCH3 is 1. The molecule has 1 aliphatic rings. The molecule has 0 bridgehead atoms. The van der Waals surface area contributed by atoms with E-state index in [1.54, 1.807) is 24.4 Å². The van der Waals surface area contributed by atoms with Gasteiger partial charge < -0.3 is 9.64 Å². The van der Waals surface area contributed by atoms with E-state index in [2.05, 4.69) is 11.5 Å². The Hall–Kier alpha value is -0.990. The minimum atomic E-state index is 0.514. The maximum atomic E-state index is 4.81. The van der Waals surface area contributed by atoms with Gasteiger partial charge in [0.2, 0.25) is 5.90 Å². The quantitative estimate of drug-likeness (QED) is 0.469. The van der Waals surface area contributed by atoms with Gasteiger partial charge >= 0.3 is 0 Å². The smallest absolute Gasteiger partial charge is 0.220 e. The summed E-state index contributed by atoms with van der Waals surface area (Å²) >= 11 is 0. The van der Waals surface area contributed by atoms with Gasteiger partial charge in [0.25, 0.3) is 0 Å². The lowest BCUT2D eigenvalue weighted by atomic mass is 10.5. The lowest BCUT2D eigenvalue weighted by molar-refractivity contribution is 0.383. The molecule has 0 aromatic carbocycles. The Balaban J connectivity index is 2.55. The van der Waals surface area contributed by atoms with Gasteiger partial charge in [-0.25, -0.2) is 4.99 Å². The van der Waals surface area contributed by atoms with Crippen molar-refractivity contribution in [1.29, 1.82) is 0 Å². The summed E-state index contributed by atoms with van der Waals surface area (Å²) in [5.41, 5.74) is 0. The molecule has 9 heavy (non-hydrogen) atoms. The van der Waals surface area contributed by atoms with Crippen molar-refractivity contribution in [3.05, 3.63) is 18.9 Å². The minimum Gasteiger partial charge on any atom is -0.482 e. The first-order valence-corrected chi connectivity index (χ1v) is 2.61. The van der Waals surface area contributed by atoms with Gasteiger partial charge in [0.1, 0.15) is 0 Å². The van der Waals surface area contributed by atoms with Gasteiger partial charge in [-0.1, -0.05) is 0 Å². The second kappa shape index (κ2) is 2.53. The first-order valence-electron chi connectivity index (χ1n) is 2.61. The van der Waals surface area contributed by atoms with E-state index in [1.165, 1.54) is 0 Å². The second-order valence-electron chi connectivity index (χ2n) is 1.66. The third kappa shape index (κ3) is 1.45. The number of rotatable bonds is 0. The van der Waals surface area contributed by atoms with Crippen molar-refractivity contribution in [2.45, 2.75) is 0 Å². The molecule has 1 aliphatic heterocycles. The maximum absolute atomic E-state index is 4.81. The monoisotopic (exact) mass is 124 g/mol. The lowest BCUT2D eigenvalue weighted by Gasteiger charge is -2.14. The fourth-order valence-corrected chi connectivity index (χ4v) is 0.516. The normalized spacial score (nSPS) is 17.6. The first-order chi connectivity index (χ1) is 4.33. The molecule has 1 rings (SSSR count). The highest BCUT2D eigenvalue weighted by atomic mass is 16.5. The van der Waals surface area contributed by atoms with Crippen molar-refractivity contribution in [2.75, 3.05) is 14.2 Å². The molecule has 0 aliphatic carbocycles. The highest BCUT2D eigenvalue weighted by Crippen LogP contribution is 2.00. The summed E-state index contributed by atoms with van der Waals surface area (Å²) in [6, 6.07) is 0. The topological polar surface area (TPSA) is 24.8 Å². The molecule has 2 radical (unpaired) electrons. The van der Waals surface area contributed by atoms with Crippen LogP contribution in [0, 0.1) is 6.54 Å². The van der Waals surface area contributed by atoms with Crippen LogP contribution >= 0.6 is 0 Å². The van der Waals surface area contributed by atoms with Crippen LogP contribution in [0.2, 0.25) is 0 Å². The zero-order chi connectivity index (χ0) is 6.69. The van der Waals surface area contributed by atoms with E-state index in [1.807, 2.05) is 7.05 Å². The highest BCUT2D eigenvalue weighted by molar-refractivity contribution is 5.85. The van der Waals surface area contributed by atoms with E-state index in [0.29, 0.717) is 5.90 Å². The number of hydrogen-bond acceptors (Lipinski definition) is 3. The molecule has 1 heterocycles. The Labute approximate surface area is 54.6 Å². The van der Waals surface area contributed by atoms with Crippen LogP contribution in [0.4, 0.5) is 0 Å². The Morgan fingerprint density at radius 1 is 1.78 bits per heavy atom. The Morgan fingerprint density at radius 2 is 2.56 bits per heavy atom. The number of likely N-dealkylation sites (N-methyl/N-ethyl adjacent to an activating group) is 1. The second-order valence-corrected chi connectivity index (χ2v) is 1.66. The van der Waals surface area contributed by atoms with Crippen LogP contribution in [0.15, 0.2) is 17.4 Å². The maximum Gasteiger partial charge on any atom is 0.220 e. The van der Waals surface area contributed by atoms with Gasteiger partial charge in [-0.15, -0.1) is 0 Å². The van der Waals surface area contributed by atoms with Crippen LogP contribution in [-0.2, 0) is 4.74 Å². The summed E-state index contributed by atoms with van der Waals surface area (Å²) in [7, 11) is 3.43. The van der Waals surface area contributed by atoms with Crippen molar-refractivity contribution >= 4 is 5.90 Å². The van der Waals surface area contributed by atoms with Crippen LogP contribution in [0.25, 0.3) is 0 Å². The Morgan fingerprint density at radius 3 is 3.00 bits per heavy atom. The predicted octanol–water partition coefficient (Wildman–Crippen LogP) is 0.487. The SMILES string of the molecule is COC1=NC=CN(C)[C]1. The Bertz CT molecular complexity index is 151. The standard InChI is InChI=1S/C6H8N2O/c1-8-4-3-7-6(5-8)9-2/h3-4H,1-2H3. The third-order valence-electron chi connectivity index (χ3n) is 0.947. The average Bonchev–Trinajstić information content (AvgIpc) is 1.88. The van der Waals surface area contributed by atoms with E-state index in [-0.39, 0.29) is 0 Å². The summed E-state index contributed by atoms with van der Waals surface area (Å²) in [6.07, 6.45) is 3.46. The summed E-state index contributed by atoms with van der Waals surface area (Å²) < 4.78 is 4.81. The lowest BCUT2D eigenvalue weighted by Crippen LogP contribution is -2.18. The molecule has 0 saturated heterocycles. The molecule has 0 saturated carbocycles. The zero-order valence-electron chi connectivity index (χ0n) is 5.46. The van der Waals surface area contributed by atoms with Crippen molar-refractivity contribution in [2.24, 2.45) is 4.99 Å². The van der Waals surface area contributed by atoms with Gasteiger partial charge in [0.15, 0.2) is 6.54 Å².